The first-order valence-electron chi connectivity index (χ1n) is 6.61. The fraction of sp³-hybridized carbons (Fsp3) is 0.500. The minimum atomic E-state index is 0.110. The summed E-state index contributed by atoms with van der Waals surface area (Å²) >= 11 is 0. The number of nitrogens with two attached hydrogens (primary N) is 1. The first kappa shape index (κ1) is 13.7. The second kappa shape index (κ2) is 6.43. The molecule has 0 saturated carbocycles. The lowest BCUT2D eigenvalue weighted by molar-refractivity contribution is 0.125. The van der Waals surface area contributed by atoms with Gasteiger partial charge >= 0.3 is 0 Å². The quantitative estimate of drug-likeness (QED) is 0.375. The average Bonchev–Trinajstić information content (AvgIpc) is 2.46. The van der Waals surface area contributed by atoms with Crippen molar-refractivity contribution in [3.8, 4) is 5.75 Å². The van der Waals surface area contributed by atoms with E-state index in [9.17, 15) is 0 Å². The number of piperidine rings is 1. The van der Waals surface area contributed by atoms with Crippen LogP contribution in [-0.2, 0) is 0 Å². The Labute approximate surface area is 113 Å². The molecule has 1 aliphatic rings. The Bertz CT molecular complexity index is 431. The molecule has 104 valence electrons. The van der Waals surface area contributed by atoms with Crippen LogP contribution in [0.25, 0.3) is 0 Å². The van der Waals surface area contributed by atoms with E-state index < -0.39 is 0 Å². The van der Waals surface area contributed by atoms with Gasteiger partial charge in [-0.3, -0.25) is 0 Å². The van der Waals surface area contributed by atoms with Crippen LogP contribution < -0.4 is 10.5 Å². The Morgan fingerprint density at radius 1 is 1.42 bits per heavy atom. The molecule has 0 amide bonds. The summed E-state index contributed by atoms with van der Waals surface area (Å²) in [4.78, 5) is 2.36. The number of nitrogens with zero attached hydrogens (tertiary/aromatic N) is 2. The topological polar surface area (TPSA) is 71.1 Å². The van der Waals surface area contributed by atoms with Crippen molar-refractivity contribution >= 4 is 5.84 Å². The van der Waals surface area contributed by atoms with E-state index in [1.807, 2.05) is 12.1 Å². The van der Waals surface area contributed by atoms with Gasteiger partial charge in [-0.2, -0.15) is 0 Å². The van der Waals surface area contributed by atoms with Gasteiger partial charge in [-0.25, -0.2) is 0 Å². The molecule has 1 saturated heterocycles. The minimum Gasteiger partial charge on any atom is -0.492 e. The number of hydrogen-bond acceptors (Lipinski definition) is 4. The standard InChI is InChI=1S/C14H21N3O2/c1-17-9-3-2-4-12(17)10-19-13-7-5-11(6-8-13)14(15)16-18/h5-8,12,18H,2-4,9-10H2,1H3,(H2,15,16). The maximum atomic E-state index is 8.59. The predicted octanol–water partition coefficient (Wildman–Crippen LogP) is 1.64. The van der Waals surface area contributed by atoms with E-state index >= 15 is 0 Å². The van der Waals surface area contributed by atoms with Crippen LogP contribution >= 0.6 is 0 Å². The summed E-state index contributed by atoms with van der Waals surface area (Å²) in [7, 11) is 2.15. The monoisotopic (exact) mass is 263 g/mol. The number of ether oxygens (including phenoxy) is 1. The van der Waals surface area contributed by atoms with Crippen molar-refractivity contribution in [1.82, 2.24) is 4.90 Å². The predicted molar refractivity (Wildman–Crippen MR) is 74.7 cm³/mol. The molecular weight excluding hydrogens is 242 g/mol. The third-order valence-corrected chi connectivity index (χ3v) is 3.62. The highest BCUT2D eigenvalue weighted by molar-refractivity contribution is 5.97. The van der Waals surface area contributed by atoms with Gasteiger partial charge in [-0.1, -0.05) is 11.6 Å². The van der Waals surface area contributed by atoms with Crippen LogP contribution in [0.5, 0.6) is 5.75 Å². The third kappa shape index (κ3) is 3.61. The number of oxime groups is 1. The highest BCUT2D eigenvalue weighted by Gasteiger charge is 2.19. The lowest BCUT2D eigenvalue weighted by Gasteiger charge is -2.32. The highest BCUT2D eigenvalue weighted by atomic mass is 16.5. The Hall–Kier alpha value is -1.75. The average molecular weight is 263 g/mol. The van der Waals surface area contributed by atoms with Crippen molar-refractivity contribution in [2.24, 2.45) is 10.9 Å². The second-order valence-corrected chi connectivity index (χ2v) is 4.95. The normalized spacial score (nSPS) is 21.3. The van der Waals surface area contributed by atoms with Crippen LogP contribution in [0.1, 0.15) is 24.8 Å². The van der Waals surface area contributed by atoms with Crippen molar-refractivity contribution < 1.29 is 9.94 Å². The number of rotatable bonds is 4. The van der Waals surface area contributed by atoms with Gasteiger partial charge in [0, 0.05) is 11.6 Å². The second-order valence-electron chi connectivity index (χ2n) is 4.95. The van der Waals surface area contributed by atoms with Crippen molar-refractivity contribution in [2.75, 3.05) is 20.2 Å². The van der Waals surface area contributed by atoms with E-state index in [4.69, 9.17) is 15.7 Å². The molecule has 0 aromatic heterocycles. The SMILES string of the molecule is CN1CCCCC1COc1ccc(C(N)=NO)cc1. The maximum Gasteiger partial charge on any atom is 0.170 e. The molecule has 0 aliphatic carbocycles. The molecule has 0 bridgehead atoms. The zero-order chi connectivity index (χ0) is 13.7. The molecule has 1 atom stereocenters. The number of hydrogen-bond donors (Lipinski definition) is 2. The Morgan fingerprint density at radius 3 is 2.79 bits per heavy atom. The summed E-state index contributed by atoms with van der Waals surface area (Å²) in [5, 5.41) is 11.6. The van der Waals surface area contributed by atoms with E-state index in [1.165, 1.54) is 19.3 Å². The fourth-order valence-corrected chi connectivity index (χ4v) is 2.33. The Balaban J connectivity index is 1.89. The van der Waals surface area contributed by atoms with E-state index in [0.717, 1.165) is 12.3 Å². The van der Waals surface area contributed by atoms with Gasteiger partial charge in [0.05, 0.1) is 0 Å². The van der Waals surface area contributed by atoms with E-state index in [2.05, 4.69) is 17.1 Å². The molecule has 19 heavy (non-hydrogen) atoms. The molecule has 5 nitrogen and oxygen atoms in total. The maximum absolute atomic E-state index is 8.59. The van der Waals surface area contributed by atoms with Crippen LogP contribution in [0.4, 0.5) is 0 Å². The van der Waals surface area contributed by atoms with Gasteiger partial charge in [0.25, 0.3) is 0 Å². The summed E-state index contributed by atoms with van der Waals surface area (Å²) in [5.41, 5.74) is 6.19. The molecular formula is C14H21N3O2. The van der Waals surface area contributed by atoms with Gasteiger partial charge < -0.3 is 20.6 Å². The Morgan fingerprint density at radius 2 is 2.16 bits per heavy atom. The van der Waals surface area contributed by atoms with Gasteiger partial charge in [-0.15, -0.1) is 0 Å². The van der Waals surface area contributed by atoms with Crippen LogP contribution in [0.2, 0.25) is 0 Å². The van der Waals surface area contributed by atoms with Gasteiger partial charge in [0.15, 0.2) is 5.84 Å². The molecule has 5 heteroatoms. The number of likely N-dealkylation sites (N-methyl/N-ethyl adjacent to an activating group) is 1. The first-order chi connectivity index (χ1) is 9.20. The third-order valence-electron chi connectivity index (χ3n) is 3.62. The number of benzene rings is 1. The van der Waals surface area contributed by atoms with E-state index in [0.29, 0.717) is 18.2 Å². The van der Waals surface area contributed by atoms with Crippen LogP contribution in [0.3, 0.4) is 0 Å². The molecule has 0 spiro atoms. The van der Waals surface area contributed by atoms with E-state index in [-0.39, 0.29) is 5.84 Å². The molecule has 1 aromatic rings. The zero-order valence-corrected chi connectivity index (χ0v) is 11.2. The summed E-state index contributed by atoms with van der Waals surface area (Å²) in [6.45, 7) is 1.86. The summed E-state index contributed by atoms with van der Waals surface area (Å²) in [6.07, 6.45) is 3.75. The summed E-state index contributed by atoms with van der Waals surface area (Å²) < 4.78 is 5.80. The van der Waals surface area contributed by atoms with Crippen molar-refractivity contribution in [3.05, 3.63) is 29.8 Å². The largest absolute Gasteiger partial charge is 0.492 e. The summed E-state index contributed by atoms with van der Waals surface area (Å²) in [5.74, 6) is 0.923. The minimum absolute atomic E-state index is 0.110. The van der Waals surface area contributed by atoms with Crippen LogP contribution in [-0.4, -0.2) is 42.2 Å². The summed E-state index contributed by atoms with van der Waals surface area (Å²) in [6, 6.07) is 7.76. The highest BCUT2D eigenvalue weighted by Crippen LogP contribution is 2.18. The molecule has 3 N–H and O–H groups in total. The Kier molecular flexibility index (Phi) is 4.63. The lowest BCUT2D eigenvalue weighted by atomic mass is 10.0. The molecule has 0 radical (unpaired) electrons. The molecule has 1 heterocycles. The molecule has 1 aliphatic heterocycles. The van der Waals surface area contributed by atoms with Gasteiger partial charge in [0.1, 0.15) is 12.4 Å². The lowest BCUT2D eigenvalue weighted by Crippen LogP contribution is -2.40. The number of likely N-dealkylation sites (tertiary alicyclic amines) is 1. The van der Waals surface area contributed by atoms with Crippen LogP contribution in [0.15, 0.2) is 29.4 Å². The molecule has 1 fully saturated rings. The van der Waals surface area contributed by atoms with E-state index in [1.54, 1.807) is 12.1 Å². The zero-order valence-electron chi connectivity index (χ0n) is 11.2. The first-order valence-corrected chi connectivity index (χ1v) is 6.61. The molecule has 1 unspecified atom stereocenters. The van der Waals surface area contributed by atoms with Crippen molar-refractivity contribution in [1.29, 1.82) is 0 Å². The van der Waals surface area contributed by atoms with Crippen molar-refractivity contribution in [2.45, 2.75) is 25.3 Å². The molecule has 2 rings (SSSR count). The molecule has 1 aromatic carbocycles. The van der Waals surface area contributed by atoms with Crippen LogP contribution in [0, 0.1) is 0 Å². The number of amidine groups is 1. The van der Waals surface area contributed by atoms with Gasteiger partial charge in [0.2, 0.25) is 0 Å². The van der Waals surface area contributed by atoms with Gasteiger partial charge in [-0.05, 0) is 50.7 Å². The fourth-order valence-electron chi connectivity index (χ4n) is 2.33. The smallest absolute Gasteiger partial charge is 0.170 e. The van der Waals surface area contributed by atoms with Crippen molar-refractivity contribution in [3.63, 3.8) is 0 Å².